The Morgan fingerprint density at radius 1 is 1.07 bits per heavy atom. The summed E-state index contributed by atoms with van der Waals surface area (Å²) in [6.45, 7) is 6.70. The van der Waals surface area contributed by atoms with Crippen LogP contribution < -0.4 is 16.4 Å². The molecule has 9 nitrogen and oxygen atoms in total. The van der Waals surface area contributed by atoms with Gasteiger partial charge in [-0.05, 0) is 42.5 Å². The number of pyridine rings is 1. The lowest BCUT2D eigenvalue weighted by Crippen LogP contribution is -2.35. The predicted octanol–water partition coefficient (Wildman–Crippen LogP) is 3.62. The van der Waals surface area contributed by atoms with Crippen LogP contribution >= 0.6 is 0 Å². The third kappa shape index (κ3) is 6.80. The van der Waals surface area contributed by atoms with Gasteiger partial charge in [0.2, 0.25) is 0 Å². The van der Waals surface area contributed by atoms with E-state index in [2.05, 4.69) is 72.9 Å². The van der Waals surface area contributed by atoms with Gasteiger partial charge in [0.15, 0.2) is 5.82 Å². The van der Waals surface area contributed by atoms with Gasteiger partial charge < -0.3 is 21.1 Å². The molecule has 0 bridgehead atoms. The summed E-state index contributed by atoms with van der Waals surface area (Å²) in [5.74, 6) is 0.761. The molecule has 9 heteroatoms. The monoisotopic (exact) mass is 539 g/mol. The van der Waals surface area contributed by atoms with Crippen molar-refractivity contribution in [3.63, 3.8) is 0 Å². The number of nitrogens with zero attached hydrogens (tertiary/aromatic N) is 4. The highest BCUT2D eigenvalue weighted by atomic mass is 16.5. The summed E-state index contributed by atoms with van der Waals surface area (Å²) in [5, 5.41) is 6.08. The van der Waals surface area contributed by atoms with Crippen LogP contribution in [-0.2, 0) is 11.3 Å². The molecule has 0 saturated carbocycles. The zero-order valence-electron chi connectivity index (χ0n) is 23.0. The zero-order chi connectivity index (χ0) is 27.7. The standard InChI is InChI=1S/C20H22N6O2.C11H15N/c1-22-20(27)15-10-16(25-18-17(15)23-12-24-19(18)21)14-4-2-13(3-5-14)11-26-6-8-28-9-7-26;1-2-5-10(6-3-1)11-7-4-8-12-9-11/h2-5,10,12H,6-9,11H2,1H3,(H,22,27)(H2,21,23,24);1-3,5-6,11-12H,4,7-9H2. The first kappa shape index (κ1) is 27.6. The summed E-state index contributed by atoms with van der Waals surface area (Å²) in [5.41, 5.74) is 11.6. The number of hydrogen-bond acceptors (Lipinski definition) is 8. The molecule has 2 aliphatic rings. The second kappa shape index (κ2) is 13.4. The number of benzene rings is 2. The number of carbonyl (C=O) groups excluding carboxylic acids is 1. The fourth-order valence-corrected chi connectivity index (χ4v) is 5.17. The number of ether oxygens (including phenoxy) is 1. The Bertz CT molecular complexity index is 1400. The van der Waals surface area contributed by atoms with Gasteiger partial charge in [0.1, 0.15) is 17.4 Å². The molecular formula is C31H37N7O2. The molecule has 1 amide bonds. The van der Waals surface area contributed by atoms with Gasteiger partial charge in [0, 0.05) is 38.8 Å². The topological polar surface area (TPSA) is 118 Å². The molecule has 2 aliphatic heterocycles. The van der Waals surface area contributed by atoms with E-state index in [1.54, 1.807) is 13.1 Å². The predicted molar refractivity (Wildman–Crippen MR) is 158 cm³/mol. The Morgan fingerprint density at radius 3 is 2.55 bits per heavy atom. The van der Waals surface area contributed by atoms with Gasteiger partial charge in [-0.3, -0.25) is 9.69 Å². The molecule has 2 saturated heterocycles. The number of fused-ring (bicyclic) bond motifs is 1. The minimum absolute atomic E-state index is 0.240. The van der Waals surface area contributed by atoms with Crippen LogP contribution in [0.2, 0.25) is 0 Å². The Morgan fingerprint density at radius 2 is 1.85 bits per heavy atom. The highest BCUT2D eigenvalue weighted by Crippen LogP contribution is 2.26. The number of carbonyl (C=O) groups is 1. The van der Waals surface area contributed by atoms with E-state index in [0.717, 1.165) is 50.9 Å². The third-order valence-electron chi connectivity index (χ3n) is 7.42. The van der Waals surface area contributed by atoms with Gasteiger partial charge >= 0.3 is 0 Å². The van der Waals surface area contributed by atoms with E-state index in [1.807, 2.05) is 12.1 Å². The van der Waals surface area contributed by atoms with Crippen LogP contribution in [0.25, 0.3) is 22.3 Å². The van der Waals surface area contributed by atoms with Crippen LogP contribution in [0.5, 0.6) is 0 Å². The number of nitrogens with two attached hydrogens (primary N) is 1. The van der Waals surface area contributed by atoms with Gasteiger partial charge in [0.25, 0.3) is 5.91 Å². The molecule has 1 atom stereocenters. The summed E-state index contributed by atoms with van der Waals surface area (Å²) in [4.78, 5) is 27.5. The number of nitrogens with one attached hydrogen (secondary N) is 2. The first-order valence-corrected chi connectivity index (χ1v) is 13.9. The highest BCUT2D eigenvalue weighted by Gasteiger charge is 2.17. The molecule has 4 heterocycles. The van der Waals surface area contributed by atoms with E-state index in [-0.39, 0.29) is 11.7 Å². The van der Waals surface area contributed by atoms with E-state index < -0.39 is 0 Å². The number of anilines is 1. The molecule has 0 radical (unpaired) electrons. The normalized spacial score (nSPS) is 17.6. The van der Waals surface area contributed by atoms with Crippen molar-refractivity contribution in [3.05, 3.63) is 83.7 Å². The molecule has 1 unspecified atom stereocenters. The molecule has 2 fully saturated rings. The van der Waals surface area contributed by atoms with Crippen LogP contribution in [0.15, 0.2) is 67.0 Å². The van der Waals surface area contributed by atoms with Crippen molar-refractivity contribution >= 4 is 22.8 Å². The lowest BCUT2D eigenvalue weighted by atomic mass is 9.92. The van der Waals surface area contributed by atoms with Crippen molar-refractivity contribution in [1.29, 1.82) is 0 Å². The van der Waals surface area contributed by atoms with Gasteiger partial charge in [-0.2, -0.15) is 0 Å². The molecule has 40 heavy (non-hydrogen) atoms. The minimum atomic E-state index is -0.240. The lowest BCUT2D eigenvalue weighted by molar-refractivity contribution is 0.0342. The number of piperidine rings is 1. The molecule has 208 valence electrons. The van der Waals surface area contributed by atoms with Crippen LogP contribution in [0.1, 0.15) is 40.2 Å². The summed E-state index contributed by atoms with van der Waals surface area (Å²) >= 11 is 0. The van der Waals surface area contributed by atoms with E-state index in [0.29, 0.717) is 22.3 Å². The first-order chi connectivity index (χ1) is 19.6. The Hall–Kier alpha value is -3.92. The zero-order valence-corrected chi connectivity index (χ0v) is 23.0. The molecular weight excluding hydrogens is 502 g/mol. The Kier molecular flexibility index (Phi) is 9.28. The molecule has 0 spiro atoms. The quantitative estimate of drug-likeness (QED) is 0.352. The van der Waals surface area contributed by atoms with Crippen molar-refractivity contribution in [2.24, 2.45) is 0 Å². The van der Waals surface area contributed by atoms with Gasteiger partial charge in [-0.1, -0.05) is 54.6 Å². The second-order valence-electron chi connectivity index (χ2n) is 10.1. The van der Waals surface area contributed by atoms with Gasteiger partial charge in [0.05, 0.1) is 24.5 Å². The van der Waals surface area contributed by atoms with Crippen molar-refractivity contribution in [3.8, 4) is 11.3 Å². The summed E-state index contributed by atoms with van der Waals surface area (Å²) < 4.78 is 5.40. The third-order valence-corrected chi connectivity index (χ3v) is 7.42. The van der Waals surface area contributed by atoms with E-state index in [1.165, 1.54) is 36.8 Å². The molecule has 2 aromatic carbocycles. The average molecular weight is 540 g/mol. The fraction of sp³-hybridized carbons (Fsp3) is 0.355. The van der Waals surface area contributed by atoms with Crippen molar-refractivity contribution in [2.45, 2.75) is 25.3 Å². The number of hydrogen-bond donors (Lipinski definition) is 3. The number of aromatic nitrogens is 3. The molecule has 0 aliphatic carbocycles. The van der Waals surface area contributed by atoms with Crippen molar-refractivity contribution in [2.75, 3.05) is 52.2 Å². The smallest absolute Gasteiger partial charge is 0.253 e. The minimum Gasteiger partial charge on any atom is -0.382 e. The number of nitrogen functional groups attached to an aromatic ring is 1. The molecule has 4 N–H and O–H groups in total. The van der Waals surface area contributed by atoms with Gasteiger partial charge in [-0.25, -0.2) is 15.0 Å². The van der Waals surface area contributed by atoms with Crippen molar-refractivity contribution in [1.82, 2.24) is 30.5 Å². The highest BCUT2D eigenvalue weighted by molar-refractivity contribution is 6.07. The lowest BCUT2D eigenvalue weighted by Gasteiger charge is -2.26. The molecule has 2 aromatic heterocycles. The summed E-state index contributed by atoms with van der Waals surface area (Å²) in [6, 6.07) is 20.7. The van der Waals surface area contributed by atoms with E-state index in [9.17, 15) is 4.79 Å². The fourth-order valence-electron chi connectivity index (χ4n) is 5.17. The summed E-state index contributed by atoms with van der Waals surface area (Å²) in [6.07, 6.45) is 4.00. The van der Waals surface area contributed by atoms with Crippen LogP contribution in [0.4, 0.5) is 5.82 Å². The average Bonchev–Trinajstić information content (AvgIpc) is 3.02. The Labute approximate surface area is 235 Å². The summed E-state index contributed by atoms with van der Waals surface area (Å²) in [7, 11) is 1.58. The second-order valence-corrected chi connectivity index (χ2v) is 10.1. The maximum absolute atomic E-state index is 12.3. The maximum atomic E-state index is 12.3. The Balaban J connectivity index is 0.000000223. The van der Waals surface area contributed by atoms with E-state index in [4.69, 9.17) is 10.5 Å². The number of amides is 1. The van der Waals surface area contributed by atoms with Crippen LogP contribution in [0, 0.1) is 0 Å². The molecule has 4 aromatic rings. The van der Waals surface area contributed by atoms with Crippen LogP contribution in [0.3, 0.4) is 0 Å². The first-order valence-electron chi connectivity index (χ1n) is 13.9. The molecule has 6 rings (SSSR count). The van der Waals surface area contributed by atoms with Gasteiger partial charge in [-0.15, -0.1) is 0 Å². The van der Waals surface area contributed by atoms with Crippen LogP contribution in [-0.4, -0.2) is 72.2 Å². The van der Waals surface area contributed by atoms with E-state index >= 15 is 0 Å². The number of rotatable bonds is 5. The number of morpholine rings is 1. The SMILES string of the molecule is CNC(=O)c1cc(-c2ccc(CN3CCOCC3)cc2)nc2c(N)ncnc12.c1ccc(C2CCCNC2)cc1. The largest absolute Gasteiger partial charge is 0.382 e. The maximum Gasteiger partial charge on any atom is 0.253 e. The van der Waals surface area contributed by atoms with Crippen molar-refractivity contribution < 1.29 is 9.53 Å².